The lowest BCUT2D eigenvalue weighted by atomic mass is 10.0. The van der Waals surface area contributed by atoms with E-state index in [9.17, 15) is 18.4 Å². The van der Waals surface area contributed by atoms with Crippen molar-refractivity contribution < 1.29 is 18.4 Å². The highest BCUT2D eigenvalue weighted by atomic mass is 19.1. The van der Waals surface area contributed by atoms with Gasteiger partial charge >= 0.3 is 0 Å². The number of hydrogen-bond donors (Lipinski definition) is 2. The summed E-state index contributed by atoms with van der Waals surface area (Å²) in [6.07, 6.45) is 0. The van der Waals surface area contributed by atoms with Gasteiger partial charge in [0.25, 0.3) is 5.91 Å². The topological polar surface area (TPSA) is 58.2 Å². The fourth-order valence-electron chi connectivity index (χ4n) is 2.34. The molecule has 1 atom stereocenters. The second-order valence-corrected chi connectivity index (χ2v) is 6.15. The van der Waals surface area contributed by atoms with E-state index < -0.39 is 23.7 Å². The molecule has 0 spiro atoms. The Morgan fingerprint density at radius 3 is 2.12 bits per heavy atom. The predicted octanol–water partition coefficient (Wildman–Crippen LogP) is 3.67. The number of rotatable bonds is 5. The summed E-state index contributed by atoms with van der Waals surface area (Å²) in [6, 6.07) is 8.32. The van der Waals surface area contributed by atoms with Crippen LogP contribution < -0.4 is 10.6 Å². The van der Waals surface area contributed by atoms with E-state index in [2.05, 4.69) is 10.6 Å². The van der Waals surface area contributed by atoms with Crippen molar-refractivity contribution in [1.82, 2.24) is 5.32 Å². The molecule has 0 radical (unpaired) electrons. The molecule has 4 nitrogen and oxygen atoms in total. The van der Waals surface area contributed by atoms with Crippen molar-refractivity contribution in [2.45, 2.75) is 26.8 Å². The first-order valence-electron chi connectivity index (χ1n) is 7.91. The van der Waals surface area contributed by atoms with Crippen molar-refractivity contribution in [3.8, 4) is 0 Å². The van der Waals surface area contributed by atoms with Crippen molar-refractivity contribution in [3.63, 3.8) is 0 Å². The molecule has 132 valence electrons. The van der Waals surface area contributed by atoms with Crippen LogP contribution in [-0.2, 0) is 4.79 Å². The Balaban J connectivity index is 2.12. The maximum absolute atomic E-state index is 13.2. The molecule has 6 heteroatoms. The summed E-state index contributed by atoms with van der Waals surface area (Å²) in [7, 11) is 0. The first kappa shape index (κ1) is 18.6. The quantitative estimate of drug-likeness (QED) is 0.868. The molecular formula is C19H20F2N2O2. The maximum atomic E-state index is 13.2. The lowest BCUT2D eigenvalue weighted by Crippen LogP contribution is -2.47. The van der Waals surface area contributed by atoms with E-state index in [1.807, 2.05) is 0 Å². The Kier molecular flexibility index (Phi) is 5.85. The van der Waals surface area contributed by atoms with Gasteiger partial charge in [0.1, 0.15) is 17.7 Å². The van der Waals surface area contributed by atoms with Crippen molar-refractivity contribution in [2.24, 2.45) is 5.92 Å². The molecule has 0 aromatic heterocycles. The number of halogens is 2. The molecule has 0 unspecified atom stereocenters. The lowest BCUT2D eigenvalue weighted by molar-refractivity contribution is -0.118. The number of nitrogens with one attached hydrogen (secondary N) is 2. The molecule has 0 aliphatic heterocycles. The van der Waals surface area contributed by atoms with E-state index >= 15 is 0 Å². The molecule has 2 amide bonds. The molecule has 2 N–H and O–H groups in total. The molecular weight excluding hydrogens is 326 g/mol. The maximum Gasteiger partial charge on any atom is 0.251 e. The predicted molar refractivity (Wildman–Crippen MR) is 92.3 cm³/mol. The monoisotopic (exact) mass is 346 g/mol. The molecule has 0 heterocycles. The average molecular weight is 346 g/mol. The van der Waals surface area contributed by atoms with Gasteiger partial charge in [-0.3, -0.25) is 9.59 Å². The number of benzene rings is 2. The SMILES string of the molecule is Cc1cc(F)ccc1NC(=O)[C@@H](NC(=O)c1ccc(F)cc1)C(C)C. The standard InChI is InChI=1S/C19H20F2N2O2/c1-11(2)17(23-18(24)13-4-6-14(20)7-5-13)19(25)22-16-9-8-15(21)10-12(16)3/h4-11,17H,1-3H3,(H,22,25)(H,23,24)/t17-/m0/s1. The van der Waals surface area contributed by atoms with Gasteiger partial charge in [-0.05, 0) is 60.9 Å². The Labute approximate surface area is 145 Å². The Bertz CT molecular complexity index is 773. The summed E-state index contributed by atoms with van der Waals surface area (Å²) in [4.78, 5) is 24.8. The highest BCUT2D eigenvalue weighted by Crippen LogP contribution is 2.17. The zero-order valence-electron chi connectivity index (χ0n) is 14.3. The Morgan fingerprint density at radius 2 is 1.56 bits per heavy atom. The van der Waals surface area contributed by atoms with E-state index in [1.54, 1.807) is 20.8 Å². The van der Waals surface area contributed by atoms with E-state index in [0.717, 1.165) is 0 Å². The third-order valence-electron chi connectivity index (χ3n) is 3.79. The molecule has 0 aliphatic rings. The van der Waals surface area contributed by atoms with Crippen LogP contribution in [0.2, 0.25) is 0 Å². The third kappa shape index (κ3) is 4.86. The van der Waals surface area contributed by atoms with Crippen LogP contribution in [0.15, 0.2) is 42.5 Å². The summed E-state index contributed by atoms with van der Waals surface area (Å²) in [5, 5.41) is 5.36. The van der Waals surface area contributed by atoms with Crippen LogP contribution in [0.3, 0.4) is 0 Å². The summed E-state index contributed by atoms with van der Waals surface area (Å²) in [5.41, 5.74) is 1.33. The van der Waals surface area contributed by atoms with Gasteiger partial charge in [-0.15, -0.1) is 0 Å². The molecule has 2 aromatic rings. The Morgan fingerprint density at radius 1 is 0.960 bits per heavy atom. The summed E-state index contributed by atoms with van der Waals surface area (Å²) in [5.74, 6) is -1.88. The highest BCUT2D eigenvalue weighted by molar-refractivity contribution is 6.01. The van der Waals surface area contributed by atoms with Gasteiger partial charge in [-0.2, -0.15) is 0 Å². The first-order chi connectivity index (χ1) is 11.8. The molecule has 2 aromatic carbocycles. The van der Waals surface area contributed by atoms with Crippen molar-refractivity contribution in [2.75, 3.05) is 5.32 Å². The third-order valence-corrected chi connectivity index (χ3v) is 3.79. The fraction of sp³-hybridized carbons (Fsp3) is 0.263. The number of hydrogen-bond acceptors (Lipinski definition) is 2. The van der Waals surface area contributed by atoms with Gasteiger partial charge in [0.05, 0.1) is 0 Å². The summed E-state index contributed by atoms with van der Waals surface area (Å²) in [6.45, 7) is 5.28. The van der Waals surface area contributed by atoms with E-state index in [1.165, 1.54) is 42.5 Å². The number of amides is 2. The van der Waals surface area contributed by atoms with E-state index in [-0.39, 0.29) is 17.3 Å². The van der Waals surface area contributed by atoms with E-state index in [0.29, 0.717) is 11.3 Å². The van der Waals surface area contributed by atoms with Crippen LogP contribution in [0.5, 0.6) is 0 Å². The van der Waals surface area contributed by atoms with Crippen LogP contribution >= 0.6 is 0 Å². The molecule has 0 saturated heterocycles. The minimum atomic E-state index is -0.790. The summed E-state index contributed by atoms with van der Waals surface area (Å²) < 4.78 is 26.1. The number of anilines is 1. The molecule has 2 rings (SSSR count). The van der Waals surface area contributed by atoms with Crippen molar-refractivity contribution >= 4 is 17.5 Å². The van der Waals surface area contributed by atoms with Crippen LogP contribution in [0.1, 0.15) is 29.8 Å². The van der Waals surface area contributed by atoms with E-state index in [4.69, 9.17) is 0 Å². The fourth-order valence-corrected chi connectivity index (χ4v) is 2.34. The van der Waals surface area contributed by atoms with Gasteiger partial charge in [0, 0.05) is 11.3 Å². The minimum Gasteiger partial charge on any atom is -0.340 e. The van der Waals surface area contributed by atoms with Gasteiger partial charge in [-0.25, -0.2) is 8.78 Å². The van der Waals surface area contributed by atoms with Crippen molar-refractivity contribution in [1.29, 1.82) is 0 Å². The number of carbonyl (C=O) groups is 2. The second kappa shape index (κ2) is 7.88. The zero-order chi connectivity index (χ0) is 18.6. The molecule has 0 aliphatic carbocycles. The lowest BCUT2D eigenvalue weighted by Gasteiger charge is -2.22. The van der Waals surface area contributed by atoms with Gasteiger partial charge < -0.3 is 10.6 Å². The molecule has 25 heavy (non-hydrogen) atoms. The van der Waals surface area contributed by atoms with Crippen LogP contribution in [0, 0.1) is 24.5 Å². The average Bonchev–Trinajstić information content (AvgIpc) is 2.55. The largest absolute Gasteiger partial charge is 0.340 e. The van der Waals surface area contributed by atoms with Gasteiger partial charge in [-0.1, -0.05) is 13.8 Å². The first-order valence-corrected chi connectivity index (χ1v) is 7.91. The van der Waals surface area contributed by atoms with Crippen LogP contribution in [-0.4, -0.2) is 17.9 Å². The molecule has 0 fully saturated rings. The molecule has 0 saturated carbocycles. The minimum absolute atomic E-state index is 0.176. The molecule has 0 bridgehead atoms. The van der Waals surface area contributed by atoms with Crippen molar-refractivity contribution in [3.05, 3.63) is 65.2 Å². The van der Waals surface area contributed by atoms with Gasteiger partial charge in [0.15, 0.2) is 0 Å². The van der Waals surface area contributed by atoms with Crippen LogP contribution in [0.25, 0.3) is 0 Å². The number of carbonyl (C=O) groups excluding carboxylic acids is 2. The Hall–Kier alpha value is -2.76. The highest BCUT2D eigenvalue weighted by Gasteiger charge is 2.25. The normalized spacial score (nSPS) is 11.9. The summed E-state index contributed by atoms with van der Waals surface area (Å²) >= 11 is 0. The zero-order valence-corrected chi connectivity index (χ0v) is 14.3. The second-order valence-electron chi connectivity index (χ2n) is 6.15. The smallest absolute Gasteiger partial charge is 0.251 e. The van der Waals surface area contributed by atoms with Gasteiger partial charge in [0.2, 0.25) is 5.91 Å². The number of aryl methyl sites for hydroxylation is 1. The van der Waals surface area contributed by atoms with Crippen LogP contribution in [0.4, 0.5) is 14.5 Å².